The fourth-order valence-corrected chi connectivity index (χ4v) is 1.54. The van der Waals surface area contributed by atoms with Crippen LogP contribution in [-0.2, 0) is 10.1 Å². The van der Waals surface area contributed by atoms with Crippen molar-refractivity contribution in [2.45, 2.75) is 33.6 Å². The maximum atomic E-state index is 10.4. The zero-order chi connectivity index (χ0) is 9.83. The molecule has 72 valence electrons. The van der Waals surface area contributed by atoms with Gasteiger partial charge in [0.2, 0.25) is 0 Å². The van der Waals surface area contributed by atoms with Crippen molar-refractivity contribution in [1.82, 2.24) is 0 Å². The molecule has 0 atom stereocenters. The van der Waals surface area contributed by atoms with E-state index in [0.717, 1.165) is 18.2 Å². The number of hydrogen-bond acceptors (Lipinski definition) is 2. The average molecular weight is 192 g/mol. The Balaban J connectivity index is 4.33. The van der Waals surface area contributed by atoms with Crippen molar-refractivity contribution in [3.8, 4) is 0 Å². The smallest absolute Gasteiger partial charge is 0.282 e. The molecule has 0 spiro atoms. The fraction of sp³-hybridized carbons (Fsp3) is 0.750. The molecular formula is C8H16O3S. The monoisotopic (exact) mass is 192 g/mol. The molecule has 0 aromatic carbocycles. The van der Waals surface area contributed by atoms with Crippen LogP contribution in [0.1, 0.15) is 33.6 Å². The van der Waals surface area contributed by atoms with Gasteiger partial charge in [-0.15, -0.1) is 0 Å². The van der Waals surface area contributed by atoms with Gasteiger partial charge in [-0.1, -0.05) is 33.3 Å². The van der Waals surface area contributed by atoms with E-state index in [1.807, 2.05) is 20.8 Å². The van der Waals surface area contributed by atoms with Gasteiger partial charge in [0.15, 0.2) is 0 Å². The van der Waals surface area contributed by atoms with Crippen LogP contribution in [0.5, 0.6) is 0 Å². The summed E-state index contributed by atoms with van der Waals surface area (Å²) in [6.45, 7) is 5.89. The van der Waals surface area contributed by atoms with E-state index in [-0.39, 0.29) is 5.41 Å². The molecule has 12 heavy (non-hydrogen) atoms. The van der Waals surface area contributed by atoms with E-state index >= 15 is 0 Å². The lowest BCUT2D eigenvalue weighted by Gasteiger charge is -2.17. The third-order valence-corrected chi connectivity index (χ3v) is 2.07. The van der Waals surface area contributed by atoms with Gasteiger partial charge in [-0.25, -0.2) is 0 Å². The Bertz CT molecular complexity index is 249. The molecule has 0 fully saturated rings. The summed E-state index contributed by atoms with van der Waals surface area (Å²) in [5, 5.41) is 0.850. The van der Waals surface area contributed by atoms with Crippen LogP contribution in [0.25, 0.3) is 0 Å². The van der Waals surface area contributed by atoms with Gasteiger partial charge in [-0.2, -0.15) is 8.42 Å². The van der Waals surface area contributed by atoms with Gasteiger partial charge in [-0.05, 0) is 11.8 Å². The van der Waals surface area contributed by atoms with Crippen LogP contribution in [0, 0.1) is 5.41 Å². The largest absolute Gasteiger partial charge is 0.287 e. The molecule has 0 rings (SSSR count). The molecule has 0 aliphatic heterocycles. The van der Waals surface area contributed by atoms with Crippen LogP contribution in [0.15, 0.2) is 11.5 Å². The first-order valence-corrected chi connectivity index (χ1v) is 5.44. The van der Waals surface area contributed by atoms with Crippen LogP contribution in [0.4, 0.5) is 0 Å². The second-order valence-electron chi connectivity index (χ2n) is 3.56. The molecule has 3 nitrogen and oxygen atoms in total. The normalized spacial score (nSPS) is 14.0. The molecule has 0 bridgehead atoms. The zero-order valence-corrected chi connectivity index (χ0v) is 8.56. The molecule has 0 aromatic rings. The highest BCUT2D eigenvalue weighted by atomic mass is 32.2. The topological polar surface area (TPSA) is 54.4 Å². The summed E-state index contributed by atoms with van der Waals surface area (Å²) in [5.41, 5.74) is -0.162. The lowest BCUT2D eigenvalue weighted by atomic mass is 9.89. The zero-order valence-electron chi connectivity index (χ0n) is 7.74. The van der Waals surface area contributed by atoms with Gasteiger partial charge in [0.1, 0.15) is 0 Å². The molecule has 0 aromatic heterocycles. The predicted octanol–water partition coefficient (Wildman–Crippen LogP) is 2.21. The lowest BCUT2D eigenvalue weighted by molar-refractivity contribution is 0.430. The molecule has 0 unspecified atom stereocenters. The number of rotatable bonds is 4. The summed E-state index contributed by atoms with van der Waals surface area (Å²) in [6, 6.07) is 0. The van der Waals surface area contributed by atoms with E-state index in [9.17, 15) is 8.42 Å². The van der Waals surface area contributed by atoms with E-state index in [2.05, 4.69) is 0 Å². The fourth-order valence-electron chi connectivity index (χ4n) is 0.998. The average Bonchev–Trinajstić information content (AvgIpc) is 1.83. The summed E-state index contributed by atoms with van der Waals surface area (Å²) in [5.74, 6) is 0. The first kappa shape index (κ1) is 11.6. The quantitative estimate of drug-likeness (QED) is 0.695. The predicted molar refractivity (Wildman–Crippen MR) is 49.4 cm³/mol. The Labute approximate surface area is 74.2 Å². The first-order valence-electron chi connectivity index (χ1n) is 3.93. The molecule has 1 N–H and O–H groups in total. The van der Waals surface area contributed by atoms with Crippen molar-refractivity contribution < 1.29 is 13.0 Å². The van der Waals surface area contributed by atoms with Crippen molar-refractivity contribution >= 4 is 10.1 Å². The molecular weight excluding hydrogens is 176 g/mol. The van der Waals surface area contributed by atoms with Crippen molar-refractivity contribution in [1.29, 1.82) is 0 Å². The maximum Gasteiger partial charge on any atom is 0.287 e. The minimum Gasteiger partial charge on any atom is -0.282 e. The summed E-state index contributed by atoms with van der Waals surface area (Å²) >= 11 is 0. The molecule has 0 aliphatic rings. The van der Waals surface area contributed by atoms with E-state index in [1.54, 1.807) is 0 Å². The Hall–Kier alpha value is -0.350. The molecule has 0 heterocycles. The third-order valence-electron chi connectivity index (χ3n) is 1.59. The highest BCUT2D eigenvalue weighted by Crippen LogP contribution is 2.23. The minimum atomic E-state index is -3.96. The van der Waals surface area contributed by atoms with Crippen LogP contribution < -0.4 is 0 Å². The van der Waals surface area contributed by atoms with Crippen LogP contribution in [0.2, 0.25) is 0 Å². The van der Waals surface area contributed by atoms with E-state index in [1.165, 1.54) is 6.08 Å². The molecule has 0 radical (unpaired) electrons. The van der Waals surface area contributed by atoms with E-state index in [4.69, 9.17) is 4.55 Å². The van der Waals surface area contributed by atoms with Gasteiger partial charge < -0.3 is 0 Å². The lowest BCUT2D eigenvalue weighted by Crippen LogP contribution is -2.07. The Morgan fingerprint density at radius 1 is 1.42 bits per heavy atom. The van der Waals surface area contributed by atoms with Crippen molar-refractivity contribution in [2.75, 3.05) is 0 Å². The molecule has 0 amide bonds. The van der Waals surface area contributed by atoms with Gasteiger partial charge in [0.05, 0.1) is 5.41 Å². The van der Waals surface area contributed by atoms with Crippen LogP contribution in [-0.4, -0.2) is 13.0 Å². The van der Waals surface area contributed by atoms with E-state index < -0.39 is 10.1 Å². The summed E-state index contributed by atoms with van der Waals surface area (Å²) in [4.78, 5) is 0. The Morgan fingerprint density at radius 2 is 1.92 bits per heavy atom. The Kier molecular flexibility index (Phi) is 3.93. The van der Waals surface area contributed by atoms with Gasteiger partial charge in [0, 0.05) is 0 Å². The standard InChI is InChI=1S/C8H16O3S/c1-4-5-8(2,3)6-7-12(9,10)11/h6-7H,4-5H2,1-3H3,(H,9,10,11). The molecule has 0 aliphatic carbocycles. The van der Waals surface area contributed by atoms with Crippen LogP contribution >= 0.6 is 0 Å². The minimum absolute atomic E-state index is 0.162. The SMILES string of the molecule is CCCC(C)(C)C=CS(=O)(=O)O. The summed E-state index contributed by atoms with van der Waals surface area (Å²) in [7, 11) is -3.96. The second-order valence-corrected chi connectivity index (χ2v) is 4.86. The number of allylic oxidation sites excluding steroid dienone is 1. The molecule has 4 heteroatoms. The van der Waals surface area contributed by atoms with Crippen LogP contribution in [0.3, 0.4) is 0 Å². The van der Waals surface area contributed by atoms with E-state index in [0.29, 0.717) is 0 Å². The number of hydrogen-bond donors (Lipinski definition) is 1. The first-order chi connectivity index (χ1) is 5.27. The van der Waals surface area contributed by atoms with Gasteiger partial charge in [0.25, 0.3) is 10.1 Å². The van der Waals surface area contributed by atoms with Crippen molar-refractivity contribution in [3.05, 3.63) is 11.5 Å². The second kappa shape index (κ2) is 4.05. The van der Waals surface area contributed by atoms with Crippen molar-refractivity contribution in [2.24, 2.45) is 5.41 Å². The molecule has 0 saturated heterocycles. The summed E-state index contributed by atoms with van der Waals surface area (Å²) < 4.78 is 29.1. The highest BCUT2D eigenvalue weighted by molar-refractivity contribution is 7.88. The van der Waals surface area contributed by atoms with Gasteiger partial charge >= 0.3 is 0 Å². The maximum absolute atomic E-state index is 10.4. The van der Waals surface area contributed by atoms with Gasteiger partial charge in [-0.3, -0.25) is 4.55 Å². The van der Waals surface area contributed by atoms with Crippen molar-refractivity contribution in [3.63, 3.8) is 0 Å². The molecule has 0 saturated carbocycles. The highest BCUT2D eigenvalue weighted by Gasteiger charge is 2.13. The Morgan fingerprint density at radius 3 is 2.25 bits per heavy atom. The summed E-state index contributed by atoms with van der Waals surface area (Å²) in [6.07, 6.45) is 3.41. The third kappa shape index (κ3) is 6.37.